The highest BCUT2D eigenvalue weighted by Crippen LogP contribution is 2.36. The Kier molecular flexibility index (Phi) is 5.28. The Balaban J connectivity index is 1.83. The number of carbonyl (C=O) groups excluding carboxylic acids is 1. The summed E-state index contributed by atoms with van der Waals surface area (Å²) in [7, 11) is -5.72. The Morgan fingerprint density at radius 3 is 2.32 bits per heavy atom. The molecule has 3 rings (SSSR count). The summed E-state index contributed by atoms with van der Waals surface area (Å²) in [4.78, 5) is 18.0. The molecule has 1 fully saturated rings. The van der Waals surface area contributed by atoms with E-state index in [0.717, 1.165) is 12.1 Å². The van der Waals surface area contributed by atoms with E-state index in [1.807, 2.05) is 0 Å². The number of halogens is 4. The van der Waals surface area contributed by atoms with Gasteiger partial charge in [0.05, 0.1) is 11.3 Å². The summed E-state index contributed by atoms with van der Waals surface area (Å²) in [6, 6.07) is 5.47. The molecule has 0 unspecified atom stereocenters. The molecule has 0 aliphatic carbocycles. The maximum atomic E-state index is 13.5. The zero-order chi connectivity index (χ0) is 20.5. The predicted molar refractivity (Wildman–Crippen MR) is 92.0 cm³/mol. The monoisotopic (exact) mass is 417 g/mol. The van der Waals surface area contributed by atoms with Gasteiger partial charge in [0, 0.05) is 38.6 Å². The van der Waals surface area contributed by atoms with Crippen molar-refractivity contribution in [1.29, 1.82) is 0 Å². The van der Waals surface area contributed by atoms with E-state index >= 15 is 0 Å². The average Bonchev–Trinajstić information content (AvgIpc) is 2.67. The van der Waals surface area contributed by atoms with Crippen molar-refractivity contribution < 1.29 is 30.8 Å². The van der Waals surface area contributed by atoms with E-state index in [2.05, 4.69) is 4.98 Å². The SMILES string of the molecule is O=C(c1cccnc1)N1CCN(c2ccc(F)cc2S(=O)(=O)C(F)(F)F)CC1. The minimum atomic E-state index is -5.72. The van der Waals surface area contributed by atoms with E-state index in [1.165, 1.54) is 22.2 Å². The summed E-state index contributed by atoms with van der Waals surface area (Å²) in [6.45, 7) is 0.517. The molecule has 2 heterocycles. The van der Waals surface area contributed by atoms with Gasteiger partial charge in [0.2, 0.25) is 0 Å². The quantitative estimate of drug-likeness (QED) is 0.718. The number of hydrogen-bond donors (Lipinski definition) is 0. The highest BCUT2D eigenvalue weighted by molar-refractivity contribution is 7.92. The highest BCUT2D eigenvalue weighted by atomic mass is 32.2. The molecule has 1 aromatic heterocycles. The topological polar surface area (TPSA) is 70.6 Å². The molecule has 0 spiro atoms. The molecule has 1 saturated heterocycles. The van der Waals surface area contributed by atoms with Crippen LogP contribution in [-0.2, 0) is 9.84 Å². The van der Waals surface area contributed by atoms with Crippen LogP contribution in [0.4, 0.5) is 23.2 Å². The third-order valence-electron chi connectivity index (χ3n) is 4.33. The molecule has 1 aliphatic rings. The van der Waals surface area contributed by atoms with E-state index in [1.54, 1.807) is 12.1 Å². The maximum Gasteiger partial charge on any atom is 0.501 e. The first-order chi connectivity index (χ1) is 13.1. The van der Waals surface area contributed by atoms with Crippen molar-refractivity contribution >= 4 is 21.4 Å². The van der Waals surface area contributed by atoms with Gasteiger partial charge in [-0.1, -0.05) is 0 Å². The average molecular weight is 417 g/mol. The molecule has 0 saturated carbocycles. The van der Waals surface area contributed by atoms with E-state index in [-0.39, 0.29) is 37.8 Å². The molecule has 0 atom stereocenters. The van der Waals surface area contributed by atoms with Gasteiger partial charge in [0.1, 0.15) is 10.7 Å². The number of nitrogens with zero attached hydrogens (tertiary/aromatic N) is 3. The number of alkyl halides is 3. The Bertz CT molecular complexity index is 973. The molecule has 0 N–H and O–H groups in total. The number of amides is 1. The first kappa shape index (κ1) is 20.1. The molecule has 2 aromatic rings. The second-order valence-electron chi connectivity index (χ2n) is 6.08. The lowest BCUT2D eigenvalue weighted by atomic mass is 10.2. The first-order valence-electron chi connectivity index (χ1n) is 8.16. The van der Waals surface area contributed by atoms with E-state index in [9.17, 15) is 30.8 Å². The molecule has 11 heteroatoms. The van der Waals surface area contributed by atoms with Gasteiger partial charge in [-0.25, -0.2) is 12.8 Å². The standard InChI is InChI=1S/C17H15F4N3O3S/c18-13-3-4-14(15(10-13)28(26,27)17(19,20)21)23-6-8-24(9-7-23)16(25)12-2-1-5-22-11-12/h1-5,10-11H,6-9H2. The van der Waals surface area contributed by atoms with Crippen LogP contribution in [-0.4, -0.2) is 55.9 Å². The molecule has 6 nitrogen and oxygen atoms in total. The lowest BCUT2D eigenvalue weighted by Crippen LogP contribution is -2.49. The van der Waals surface area contributed by atoms with E-state index in [0.29, 0.717) is 11.6 Å². The van der Waals surface area contributed by atoms with Crippen molar-refractivity contribution in [3.05, 3.63) is 54.1 Å². The Labute approximate surface area is 158 Å². The number of pyridine rings is 1. The molecule has 150 valence electrons. The number of piperazine rings is 1. The molecule has 0 bridgehead atoms. The lowest BCUT2D eigenvalue weighted by molar-refractivity contribution is -0.0435. The number of anilines is 1. The molecule has 28 heavy (non-hydrogen) atoms. The van der Waals surface area contributed by atoms with Crippen molar-refractivity contribution in [3.8, 4) is 0 Å². The van der Waals surface area contributed by atoms with Crippen molar-refractivity contribution in [2.45, 2.75) is 10.4 Å². The molecule has 1 amide bonds. The van der Waals surface area contributed by atoms with Gasteiger partial charge < -0.3 is 9.80 Å². The van der Waals surface area contributed by atoms with Crippen LogP contribution in [0.15, 0.2) is 47.6 Å². The van der Waals surface area contributed by atoms with Crippen molar-refractivity contribution in [2.24, 2.45) is 0 Å². The van der Waals surface area contributed by atoms with Crippen LogP contribution in [0.5, 0.6) is 0 Å². The predicted octanol–water partition coefficient (Wildman–Crippen LogP) is 2.48. The van der Waals surface area contributed by atoms with Crippen LogP contribution in [0.1, 0.15) is 10.4 Å². The van der Waals surface area contributed by atoms with Crippen LogP contribution in [0.3, 0.4) is 0 Å². The van der Waals surface area contributed by atoms with Gasteiger partial charge in [0.15, 0.2) is 0 Å². The minimum Gasteiger partial charge on any atom is -0.367 e. The van der Waals surface area contributed by atoms with Crippen LogP contribution in [0.2, 0.25) is 0 Å². The number of sulfone groups is 1. The smallest absolute Gasteiger partial charge is 0.367 e. The summed E-state index contributed by atoms with van der Waals surface area (Å²) in [6.07, 6.45) is 2.93. The van der Waals surface area contributed by atoms with Gasteiger partial charge in [-0.05, 0) is 30.3 Å². The van der Waals surface area contributed by atoms with E-state index < -0.39 is 26.1 Å². The van der Waals surface area contributed by atoms with Gasteiger partial charge >= 0.3 is 5.51 Å². The zero-order valence-electron chi connectivity index (χ0n) is 14.4. The minimum absolute atomic E-state index is 0.0952. The second kappa shape index (κ2) is 7.38. The van der Waals surface area contributed by atoms with Gasteiger partial charge in [-0.3, -0.25) is 9.78 Å². The van der Waals surface area contributed by atoms with Crippen molar-refractivity contribution in [1.82, 2.24) is 9.88 Å². The van der Waals surface area contributed by atoms with Crippen LogP contribution in [0, 0.1) is 5.82 Å². The first-order valence-corrected chi connectivity index (χ1v) is 9.65. The second-order valence-corrected chi connectivity index (χ2v) is 7.99. The fraction of sp³-hybridized carbons (Fsp3) is 0.294. The molecule has 1 aliphatic heterocycles. The van der Waals surface area contributed by atoms with Gasteiger partial charge in [-0.2, -0.15) is 13.2 Å². The van der Waals surface area contributed by atoms with E-state index in [4.69, 9.17) is 0 Å². The van der Waals surface area contributed by atoms with Crippen LogP contribution < -0.4 is 4.90 Å². The van der Waals surface area contributed by atoms with Crippen LogP contribution in [0.25, 0.3) is 0 Å². The summed E-state index contributed by atoms with van der Waals surface area (Å²) in [5.74, 6) is -1.37. The Hall–Kier alpha value is -2.69. The largest absolute Gasteiger partial charge is 0.501 e. The molecular weight excluding hydrogens is 402 g/mol. The van der Waals surface area contributed by atoms with Gasteiger partial charge in [-0.15, -0.1) is 0 Å². The Morgan fingerprint density at radius 2 is 1.75 bits per heavy atom. The third-order valence-corrected chi connectivity index (χ3v) is 5.85. The number of aromatic nitrogens is 1. The fourth-order valence-corrected chi connectivity index (χ4v) is 3.90. The molecule has 1 aromatic carbocycles. The molecule has 0 radical (unpaired) electrons. The number of hydrogen-bond acceptors (Lipinski definition) is 5. The summed E-state index contributed by atoms with van der Waals surface area (Å²) >= 11 is 0. The van der Waals surface area contributed by atoms with Crippen LogP contribution >= 0.6 is 0 Å². The molecular formula is C17H15F4N3O3S. The summed E-state index contributed by atoms with van der Waals surface area (Å²) in [5, 5.41) is 0. The number of rotatable bonds is 3. The fourth-order valence-electron chi connectivity index (χ4n) is 2.91. The van der Waals surface area contributed by atoms with Crippen molar-refractivity contribution in [3.63, 3.8) is 0 Å². The summed E-state index contributed by atoms with van der Waals surface area (Å²) in [5.41, 5.74) is -5.42. The Morgan fingerprint density at radius 1 is 1.07 bits per heavy atom. The highest BCUT2D eigenvalue weighted by Gasteiger charge is 2.48. The van der Waals surface area contributed by atoms with Crippen molar-refractivity contribution in [2.75, 3.05) is 31.1 Å². The lowest BCUT2D eigenvalue weighted by Gasteiger charge is -2.36. The zero-order valence-corrected chi connectivity index (χ0v) is 15.2. The summed E-state index contributed by atoms with van der Waals surface area (Å²) < 4.78 is 76.1. The third kappa shape index (κ3) is 3.79. The number of benzene rings is 1. The number of carbonyl (C=O) groups is 1. The normalized spacial score (nSPS) is 15.6. The maximum absolute atomic E-state index is 13.5. The van der Waals surface area contributed by atoms with Gasteiger partial charge in [0.25, 0.3) is 15.7 Å².